The summed E-state index contributed by atoms with van der Waals surface area (Å²) in [5, 5.41) is 17.5. The Morgan fingerprint density at radius 2 is 1.33 bits per heavy atom. The zero-order valence-electron chi connectivity index (χ0n) is 17.6. The summed E-state index contributed by atoms with van der Waals surface area (Å²) in [6.07, 6.45) is 0. The van der Waals surface area contributed by atoms with Gasteiger partial charge in [0.05, 0.1) is 0 Å². The van der Waals surface area contributed by atoms with Gasteiger partial charge in [-0.1, -0.05) is 30.3 Å². The molecule has 4 aromatic rings. The van der Waals surface area contributed by atoms with Gasteiger partial charge in [0, 0.05) is 21.8 Å². The number of aromatic hydroxyl groups is 1. The van der Waals surface area contributed by atoms with E-state index in [0.29, 0.717) is 0 Å². The Morgan fingerprint density at radius 3 is 1.94 bits per heavy atom. The second-order valence-corrected chi connectivity index (χ2v) is 11.5. The maximum atomic E-state index is 12.2. The first-order chi connectivity index (χ1) is 16.6. The molecule has 0 aliphatic heterocycles. The van der Waals surface area contributed by atoms with Crippen LogP contribution >= 0.6 is 0 Å². The third-order valence-electron chi connectivity index (χ3n) is 5.13. The van der Waals surface area contributed by atoms with Crippen molar-refractivity contribution in [2.24, 2.45) is 10.2 Å². The first-order valence-corrected chi connectivity index (χ1v) is 13.9. The first-order valence-electron chi connectivity index (χ1n) is 9.55. The Hall–Kier alpha value is -3.67. The number of anilines is 1. The van der Waals surface area contributed by atoms with E-state index in [0.717, 1.165) is 36.4 Å². The number of phenolic OH excluding ortho intramolecular Hbond substituents is 1. The van der Waals surface area contributed by atoms with Crippen LogP contribution in [-0.2, 0) is 30.4 Å². The number of nitrogens with two attached hydrogens (primary N) is 1. The average Bonchev–Trinajstić information content (AvgIpc) is 2.75. The summed E-state index contributed by atoms with van der Waals surface area (Å²) in [7, 11) is -14.9. The lowest BCUT2D eigenvalue weighted by molar-refractivity contribution is 0.472. The minimum atomic E-state index is -5.10. The molecule has 0 atom stereocenters. The number of hydrogen-bond acceptors (Lipinski definition) is 10. The second kappa shape index (κ2) is 8.47. The maximum Gasteiger partial charge on any atom is 0.297 e. The lowest BCUT2D eigenvalue weighted by Crippen LogP contribution is -2.03. The molecule has 0 aliphatic rings. The monoisotopic (exact) mass is 553 g/mol. The van der Waals surface area contributed by atoms with Crippen molar-refractivity contribution in [2.45, 2.75) is 14.7 Å². The summed E-state index contributed by atoms with van der Waals surface area (Å²) in [5.74, 6) is -0.787. The highest BCUT2D eigenvalue weighted by atomic mass is 32.2. The SMILES string of the molecule is Nc1cccc2cc(S(=O)(=O)O)c(N=Nc3ccc4c(S(=O)(=O)O)cccc4c3S(=O)(=O)O)c(O)c12. The van der Waals surface area contributed by atoms with Gasteiger partial charge < -0.3 is 10.8 Å². The molecule has 0 saturated heterocycles. The first kappa shape index (κ1) is 25.4. The van der Waals surface area contributed by atoms with Crippen LogP contribution in [0.25, 0.3) is 21.5 Å². The average molecular weight is 554 g/mol. The molecule has 0 radical (unpaired) electrons. The van der Waals surface area contributed by atoms with Gasteiger partial charge in [-0.15, -0.1) is 10.2 Å². The Balaban J connectivity index is 2.06. The summed E-state index contributed by atoms with van der Waals surface area (Å²) >= 11 is 0. The van der Waals surface area contributed by atoms with Crippen molar-refractivity contribution in [1.82, 2.24) is 0 Å². The fourth-order valence-electron chi connectivity index (χ4n) is 3.69. The normalized spacial score (nSPS) is 13.1. The van der Waals surface area contributed by atoms with Gasteiger partial charge in [0.25, 0.3) is 30.4 Å². The predicted molar refractivity (Wildman–Crippen MR) is 128 cm³/mol. The van der Waals surface area contributed by atoms with Crippen molar-refractivity contribution in [3.63, 3.8) is 0 Å². The number of nitrogen functional groups attached to an aromatic ring is 1. The van der Waals surface area contributed by atoms with Crippen molar-refractivity contribution >= 4 is 69.0 Å². The van der Waals surface area contributed by atoms with Crippen molar-refractivity contribution in [3.8, 4) is 5.75 Å². The molecular formula is C20H15N3O10S3. The minimum Gasteiger partial charge on any atom is -0.505 e. The van der Waals surface area contributed by atoms with E-state index in [9.17, 15) is 44.0 Å². The lowest BCUT2D eigenvalue weighted by atomic mass is 10.1. The molecule has 0 saturated carbocycles. The molecule has 0 fully saturated rings. The minimum absolute atomic E-state index is 0.0230. The van der Waals surface area contributed by atoms with E-state index in [1.807, 2.05) is 0 Å². The van der Waals surface area contributed by atoms with Crippen molar-refractivity contribution < 1.29 is 44.0 Å². The summed E-state index contributed by atoms with van der Waals surface area (Å²) in [4.78, 5) is -2.43. The van der Waals surface area contributed by atoms with Crippen LogP contribution in [0.5, 0.6) is 5.75 Å². The quantitative estimate of drug-likeness (QED) is 0.136. The van der Waals surface area contributed by atoms with Gasteiger partial charge in [-0.2, -0.15) is 25.3 Å². The molecular weight excluding hydrogens is 538 g/mol. The van der Waals surface area contributed by atoms with Crippen molar-refractivity contribution in [3.05, 3.63) is 54.6 Å². The fraction of sp³-hybridized carbons (Fsp3) is 0. The fourth-order valence-corrected chi connectivity index (χ4v) is 5.88. The molecule has 16 heteroatoms. The summed E-state index contributed by atoms with van der Waals surface area (Å²) < 4.78 is 101. The van der Waals surface area contributed by atoms with E-state index < -0.39 is 62.2 Å². The standard InChI is InChI=1S/C20H15N3O10S3/c21-13-5-1-3-10-9-16(35(28,29)30)18(19(24)17(10)13)23-22-14-8-7-11-12(20(14)36(31,32)33)4-2-6-15(11)34(25,26)27/h1-9,24H,21H2,(H,25,26,27)(H,28,29,30)(H,31,32,33). The molecule has 0 aromatic heterocycles. The molecule has 0 amide bonds. The molecule has 0 unspecified atom stereocenters. The van der Waals surface area contributed by atoms with Gasteiger partial charge in [0.2, 0.25) is 0 Å². The van der Waals surface area contributed by atoms with Gasteiger partial charge in [0.15, 0.2) is 5.75 Å². The third-order valence-corrected chi connectivity index (χ3v) is 7.86. The lowest BCUT2D eigenvalue weighted by Gasteiger charge is -2.11. The molecule has 4 rings (SSSR count). The molecule has 0 heterocycles. The number of benzene rings is 4. The molecule has 4 aromatic carbocycles. The summed E-state index contributed by atoms with van der Waals surface area (Å²) in [5.41, 5.74) is 4.53. The highest BCUT2D eigenvalue weighted by Crippen LogP contribution is 2.44. The van der Waals surface area contributed by atoms with Gasteiger partial charge in [-0.3, -0.25) is 13.7 Å². The zero-order chi connectivity index (χ0) is 26.6. The Bertz CT molecular complexity index is 1940. The van der Waals surface area contributed by atoms with Gasteiger partial charge in [-0.25, -0.2) is 0 Å². The van der Waals surface area contributed by atoms with E-state index in [1.54, 1.807) is 0 Å². The van der Waals surface area contributed by atoms with E-state index in [1.165, 1.54) is 18.2 Å². The van der Waals surface area contributed by atoms with Crippen LogP contribution in [0.3, 0.4) is 0 Å². The molecule has 6 N–H and O–H groups in total. The molecule has 188 valence electrons. The summed E-state index contributed by atoms with van der Waals surface area (Å²) in [6, 6.07) is 10.5. The number of phenols is 1. The van der Waals surface area contributed by atoms with Crippen molar-refractivity contribution in [2.75, 3.05) is 5.73 Å². The van der Waals surface area contributed by atoms with E-state index >= 15 is 0 Å². The Morgan fingerprint density at radius 1 is 0.694 bits per heavy atom. The largest absolute Gasteiger partial charge is 0.505 e. The number of nitrogens with zero attached hydrogens (tertiary/aromatic N) is 2. The highest BCUT2D eigenvalue weighted by Gasteiger charge is 2.25. The van der Waals surface area contributed by atoms with Gasteiger partial charge in [0.1, 0.15) is 26.1 Å². The number of rotatable bonds is 5. The topological polar surface area (TPSA) is 234 Å². The van der Waals surface area contributed by atoms with Gasteiger partial charge in [-0.05, 0) is 29.7 Å². The zero-order valence-corrected chi connectivity index (χ0v) is 20.1. The Labute approximate surface area is 203 Å². The second-order valence-electron chi connectivity index (χ2n) is 7.41. The highest BCUT2D eigenvalue weighted by molar-refractivity contribution is 7.86. The van der Waals surface area contributed by atoms with Crippen LogP contribution in [0.1, 0.15) is 0 Å². The van der Waals surface area contributed by atoms with Crippen LogP contribution in [0, 0.1) is 0 Å². The van der Waals surface area contributed by atoms with E-state index in [-0.39, 0.29) is 27.2 Å². The molecule has 0 spiro atoms. The van der Waals surface area contributed by atoms with Crippen LogP contribution in [-0.4, -0.2) is 44.0 Å². The maximum absolute atomic E-state index is 12.2. The summed E-state index contributed by atoms with van der Waals surface area (Å²) in [6.45, 7) is 0. The smallest absolute Gasteiger partial charge is 0.297 e. The molecule has 0 aliphatic carbocycles. The van der Waals surface area contributed by atoms with Crippen LogP contribution in [0.2, 0.25) is 0 Å². The van der Waals surface area contributed by atoms with E-state index in [2.05, 4.69) is 10.2 Å². The van der Waals surface area contributed by atoms with E-state index in [4.69, 9.17) is 5.73 Å². The molecule has 0 bridgehead atoms. The van der Waals surface area contributed by atoms with Crippen LogP contribution < -0.4 is 5.73 Å². The number of fused-ring (bicyclic) bond motifs is 2. The third kappa shape index (κ3) is 4.48. The Kier molecular flexibility index (Phi) is 5.98. The van der Waals surface area contributed by atoms with Crippen molar-refractivity contribution in [1.29, 1.82) is 0 Å². The number of hydrogen-bond donors (Lipinski definition) is 5. The number of azo groups is 1. The van der Waals surface area contributed by atoms with Crippen LogP contribution in [0.4, 0.5) is 17.1 Å². The molecule has 13 nitrogen and oxygen atoms in total. The van der Waals surface area contributed by atoms with Gasteiger partial charge >= 0.3 is 0 Å². The predicted octanol–water partition coefficient (Wildman–Crippen LogP) is 3.44. The molecule has 36 heavy (non-hydrogen) atoms. The van der Waals surface area contributed by atoms with Crippen LogP contribution in [0.15, 0.2) is 79.5 Å².